The zero-order valence-electron chi connectivity index (χ0n) is 24.0. The number of nitrogens with zero attached hydrogens (tertiary/aromatic N) is 2. The number of aromatic nitrogens is 2. The van der Waals surface area contributed by atoms with E-state index in [0.717, 1.165) is 17.5 Å². The van der Waals surface area contributed by atoms with E-state index >= 15 is 4.39 Å². The second-order valence-electron chi connectivity index (χ2n) is 11.2. The highest BCUT2D eigenvalue weighted by atomic mass is 19.1. The van der Waals surface area contributed by atoms with Gasteiger partial charge in [-0.3, -0.25) is 4.79 Å². The predicted octanol–water partition coefficient (Wildman–Crippen LogP) is 5.99. The summed E-state index contributed by atoms with van der Waals surface area (Å²) in [6, 6.07) is 12.0. The molecule has 9 heteroatoms. The number of benzene rings is 2. The maximum absolute atomic E-state index is 15.5. The number of carboxylic acids is 1. The van der Waals surface area contributed by atoms with E-state index in [-0.39, 0.29) is 11.4 Å². The summed E-state index contributed by atoms with van der Waals surface area (Å²) in [6.07, 6.45) is -0.141. The van der Waals surface area contributed by atoms with Crippen LogP contribution in [0.15, 0.2) is 47.3 Å². The van der Waals surface area contributed by atoms with Crippen molar-refractivity contribution < 1.29 is 28.5 Å². The minimum Gasteiger partial charge on any atom is -0.490 e. The van der Waals surface area contributed by atoms with Gasteiger partial charge in [0.05, 0.1) is 30.7 Å². The molecule has 0 amide bonds. The van der Waals surface area contributed by atoms with E-state index in [1.807, 2.05) is 19.1 Å². The molecule has 3 heterocycles. The molecule has 1 N–H and O–H groups in total. The Kier molecular flexibility index (Phi) is 7.33. The van der Waals surface area contributed by atoms with Gasteiger partial charge in [-0.25, -0.2) is 14.2 Å². The van der Waals surface area contributed by atoms with Crippen LogP contribution in [-0.4, -0.2) is 39.9 Å². The molecule has 41 heavy (non-hydrogen) atoms. The highest BCUT2D eigenvalue weighted by Gasteiger charge is 2.34. The Hall–Kier alpha value is -4.24. The van der Waals surface area contributed by atoms with Crippen LogP contribution in [0.4, 0.5) is 4.39 Å². The molecule has 0 saturated carbocycles. The average molecular weight is 561 g/mol. The molecule has 0 fully saturated rings. The second-order valence-corrected chi connectivity index (χ2v) is 11.2. The van der Waals surface area contributed by atoms with Crippen LogP contribution in [0.3, 0.4) is 0 Å². The molecule has 0 radical (unpaired) electrons. The van der Waals surface area contributed by atoms with E-state index in [1.165, 1.54) is 24.8 Å². The Morgan fingerprint density at radius 2 is 1.93 bits per heavy atom. The predicted molar refractivity (Wildman–Crippen MR) is 154 cm³/mol. The van der Waals surface area contributed by atoms with Crippen molar-refractivity contribution in [3.63, 3.8) is 0 Å². The molecule has 1 aliphatic heterocycles. The summed E-state index contributed by atoms with van der Waals surface area (Å²) < 4.78 is 33.8. The normalized spacial score (nSPS) is 13.9. The molecule has 1 atom stereocenters. The third-order valence-electron chi connectivity index (χ3n) is 7.32. The monoisotopic (exact) mass is 560 g/mol. The summed E-state index contributed by atoms with van der Waals surface area (Å²) in [5, 5.41) is 11.2. The van der Waals surface area contributed by atoms with Crippen molar-refractivity contribution in [1.29, 1.82) is 0 Å². The van der Waals surface area contributed by atoms with Crippen LogP contribution >= 0.6 is 0 Å². The van der Waals surface area contributed by atoms with Crippen molar-refractivity contribution in [2.24, 2.45) is 7.05 Å². The summed E-state index contributed by atoms with van der Waals surface area (Å²) in [6.45, 7) is 7.54. The quantitative estimate of drug-likeness (QED) is 0.309. The fraction of sp³-hybridized carbons (Fsp3) is 0.344. The number of ether oxygens (including phenoxy) is 3. The van der Waals surface area contributed by atoms with Gasteiger partial charge in [-0.1, -0.05) is 18.2 Å². The maximum Gasteiger partial charge on any atom is 0.339 e. The third kappa shape index (κ3) is 5.17. The number of methoxy groups -OCH3 is 1. The SMILES string of the molecule is COc1cccc(-c2ccc3c(-c4cc(F)c5c(c4C)CCCO5)c(C(OC(C)(C)C)C(=O)O)n(C)c(=O)c3c2)n1. The van der Waals surface area contributed by atoms with Gasteiger partial charge in [0.25, 0.3) is 5.56 Å². The summed E-state index contributed by atoms with van der Waals surface area (Å²) in [5.41, 5.74) is 2.56. The molecule has 2 aromatic carbocycles. The van der Waals surface area contributed by atoms with Crippen molar-refractivity contribution in [3.8, 4) is 34.0 Å². The largest absolute Gasteiger partial charge is 0.490 e. The van der Waals surface area contributed by atoms with Gasteiger partial charge < -0.3 is 23.9 Å². The fourth-order valence-electron chi connectivity index (χ4n) is 5.47. The summed E-state index contributed by atoms with van der Waals surface area (Å²) in [5.74, 6) is -1.14. The molecule has 8 nitrogen and oxygen atoms in total. The van der Waals surface area contributed by atoms with E-state index in [0.29, 0.717) is 52.1 Å². The molecule has 1 aliphatic rings. The molecule has 5 rings (SSSR count). The van der Waals surface area contributed by atoms with E-state index in [9.17, 15) is 14.7 Å². The lowest BCUT2D eigenvalue weighted by Gasteiger charge is -2.29. The zero-order chi connectivity index (χ0) is 29.6. The first-order chi connectivity index (χ1) is 19.4. The lowest BCUT2D eigenvalue weighted by Crippen LogP contribution is -2.33. The lowest BCUT2D eigenvalue weighted by molar-refractivity contribution is -0.161. The number of fused-ring (bicyclic) bond motifs is 2. The number of halogens is 1. The third-order valence-corrected chi connectivity index (χ3v) is 7.32. The van der Waals surface area contributed by atoms with Crippen molar-refractivity contribution in [3.05, 3.63) is 75.5 Å². The van der Waals surface area contributed by atoms with Crippen LogP contribution in [0.1, 0.15) is 50.1 Å². The van der Waals surface area contributed by atoms with Gasteiger partial charge in [-0.15, -0.1) is 0 Å². The molecule has 4 aromatic rings. The number of carboxylic acid groups (broad SMARTS) is 1. The average Bonchev–Trinajstić information content (AvgIpc) is 2.95. The first-order valence-corrected chi connectivity index (χ1v) is 13.4. The number of rotatable bonds is 6. The molecule has 214 valence electrons. The minimum absolute atomic E-state index is 0.136. The Morgan fingerprint density at radius 3 is 2.61 bits per heavy atom. The van der Waals surface area contributed by atoms with Crippen LogP contribution in [0.25, 0.3) is 33.2 Å². The smallest absolute Gasteiger partial charge is 0.339 e. The van der Waals surface area contributed by atoms with Crippen molar-refractivity contribution >= 4 is 16.7 Å². The first kappa shape index (κ1) is 28.3. The van der Waals surface area contributed by atoms with Crippen LogP contribution in [0.5, 0.6) is 11.6 Å². The topological polar surface area (TPSA) is 99.9 Å². The van der Waals surface area contributed by atoms with E-state index in [4.69, 9.17) is 14.2 Å². The molecule has 0 spiro atoms. The molecular weight excluding hydrogens is 527 g/mol. The number of pyridine rings is 2. The van der Waals surface area contributed by atoms with E-state index in [1.54, 1.807) is 45.0 Å². The maximum atomic E-state index is 15.5. The van der Waals surface area contributed by atoms with E-state index < -0.39 is 29.1 Å². The number of hydrogen-bond acceptors (Lipinski definition) is 6. The second kappa shape index (κ2) is 10.6. The Balaban J connectivity index is 1.89. The van der Waals surface area contributed by atoms with Gasteiger partial charge in [-0.2, -0.15) is 0 Å². The van der Waals surface area contributed by atoms with Crippen molar-refractivity contribution in [2.45, 2.75) is 52.2 Å². The standard InChI is InChI=1S/C32H33FN2O6/c1-17-19-9-8-14-40-28(19)23(33)16-21(17)26-20-13-12-18(24-10-7-11-25(34-24)39-6)15-22(20)30(36)35(5)27(26)29(31(37)38)41-32(2,3)4/h7,10-13,15-16,29H,8-9,14H2,1-6H3,(H,37,38). The van der Waals surface area contributed by atoms with Gasteiger partial charge in [0.15, 0.2) is 17.7 Å². The molecule has 0 saturated heterocycles. The van der Waals surface area contributed by atoms with Gasteiger partial charge >= 0.3 is 5.97 Å². The van der Waals surface area contributed by atoms with Crippen LogP contribution in [-0.2, 0) is 23.0 Å². The molecule has 1 unspecified atom stereocenters. The van der Waals surface area contributed by atoms with Gasteiger partial charge in [0, 0.05) is 35.2 Å². The summed E-state index contributed by atoms with van der Waals surface area (Å²) >= 11 is 0. The summed E-state index contributed by atoms with van der Waals surface area (Å²) in [4.78, 5) is 31.1. The van der Waals surface area contributed by atoms with Crippen molar-refractivity contribution in [2.75, 3.05) is 13.7 Å². The lowest BCUT2D eigenvalue weighted by atomic mass is 9.87. The van der Waals surface area contributed by atoms with Gasteiger partial charge in [0.2, 0.25) is 5.88 Å². The highest BCUT2D eigenvalue weighted by Crippen LogP contribution is 2.43. The Labute approximate surface area is 237 Å². The Morgan fingerprint density at radius 1 is 1.17 bits per heavy atom. The van der Waals surface area contributed by atoms with Gasteiger partial charge in [-0.05, 0) is 75.2 Å². The van der Waals surface area contributed by atoms with Crippen LogP contribution in [0.2, 0.25) is 0 Å². The van der Waals surface area contributed by atoms with E-state index in [2.05, 4.69) is 4.98 Å². The van der Waals surface area contributed by atoms with Crippen LogP contribution in [0, 0.1) is 12.7 Å². The van der Waals surface area contributed by atoms with Crippen molar-refractivity contribution in [1.82, 2.24) is 9.55 Å². The minimum atomic E-state index is -1.50. The molecule has 0 bridgehead atoms. The molecule has 0 aliphatic carbocycles. The number of carbonyl (C=O) groups is 1. The number of hydrogen-bond donors (Lipinski definition) is 1. The fourth-order valence-corrected chi connectivity index (χ4v) is 5.47. The van der Waals surface area contributed by atoms with Gasteiger partial charge in [0.1, 0.15) is 0 Å². The summed E-state index contributed by atoms with van der Waals surface area (Å²) in [7, 11) is 3.05. The first-order valence-electron chi connectivity index (χ1n) is 13.4. The zero-order valence-corrected chi connectivity index (χ0v) is 24.0. The molecular formula is C32H33FN2O6. The molecule has 2 aromatic heterocycles. The number of aliphatic carboxylic acids is 1. The van der Waals surface area contributed by atoms with Crippen LogP contribution < -0.4 is 15.0 Å². The highest BCUT2D eigenvalue weighted by molar-refractivity contribution is 6.01. The Bertz CT molecular complexity index is 1740.